The molecule has 2 saturated carbocycles. The summed E-state index contributed by atoms with van der Waals surface area (Å²) in [5, 5.41) is 3.92. The number of hydrogen-bond donors (Lipinski definition) is 1. The first-order valence-electron chi connectivity index (χ1n) is 9.31. The maximum Gasteiger partial charge on any atom is 0.305 e. The summed E-state index contributed by atoms with van der Waals surface area (Å²) in [5.74, 6) is 0.416. The van der Waals surface area contributed by atoms with E-state index >= 15 is 0 Å². The molecule has 3 rings (SSSR count). The minimum atomic E-state index is -0.0446. The maximum atomic E-state index is 11.7. The largest absolute Gasteiger partial charge is 0.469 e. The van der Waals surface area contributed by atoms with Crippen LogP contribution in [0, 0.1) is 5.92 Å². The smallest absolute Gasteiger partial charge is 0.305 e. The van der Waals surface area contributed by atoms with Gasteiger partial charge in [0.1, 0.15) is 0 Å². The minimum Gasteiger partial charge on any atom is -0.469 e. The molecule has 22 heavy (non-hydrogen) atoms. The fourth-order valence-electron chi connectivity index (χ4n) is 4.48. The quantitative estimate of drug-likeness (QED) is 0.793. The van der Waals surface area contributed by atoms with Gasteiger partial charge in [-0.25, -0.2) is 0 Å². The van der Waals surface area contributed by atoms with Gasteiger partial charge in [-0.1, -0.05) is 25.7 Å². The van der Waals surface area contributed by atoms with Crippen LogP contribution < -0.4 is 5.32 Å². The van der Waals surface area contributed by atoms with E-state index in [9.17, 15) is 4.79 Å². The lowest BCUT2D eigenvalue weighted by atomic mass is 9.84. The zero-order chi connectivity index (χ0) is 15.4. The van der Waals surface area contributed by atoms with Crippen molar-refractivity contribution in [2.45, 2.75) is 82.3 Å². The molecule has 1 heterocycles. The van der Waals surface area contributed by atoms with Crippen molar-refractivity contribution in [1.82, 2.24) is 10.2 Å². The number of likely N-dealkylation sites (tertiary alicyclic amines) is 1. The van der Waals surface area contributed by atoms with E-state index in [1.54, 1.807) is 0 Å². The second kappa shape index (κ2) is 7.78. The zero-order valence-electron chi connectivity index (χ0n) is 14.1. The molecule has 0 bridgehead atoms. The Morgan fingerprint density at radius 2 is 1.82 bits per heavy atom. The Morgan fingerprint density at radius 1 is 1.05 bits per heavy atom. The highest BCUT2D eigenvalue weighted by Crippen LogP contribution is 2.31. The SMILES string of the molecule is COC(=O)CC1CC(NC2CCCCC2)CN(C2CCC2)C1. The van der Waals surface area contributed by atoms with E-state index in [1.807, 2.05) is 0 Å². The van der Waals surface area contributed by atoms with E-state index in [2.05, 4.69) is 10.2 Å². The standard InChI is InChI=1S/C18H32N2O2/c1-22-18(21)11-14-10-16(19-15-6-3-2-4-7-15)13-20(12-14)17-8-5-9-17/h14-17,19H,2-13H2,1H3. The molecule has 3 aliphatic rings. The molecule has 4 nitrogen and oxygen atoms in total. The van der Waals surface area contributed by atoms with Crippen molar-refractivity contribution in [2.75, 3.05) is 20.2 Å². The third-order valence-corrected chi connectivity index (χ3v) is 5.92. The molecule has 4 heteroatoms. The number of nitrogens with zero attached hydrogens (tertiary/aromatic N) is 1. The molecule has 0 aromatic heterocycles. The summed E-state index contributed by atoms with van der Waals surface area (Å²) in [4.78, 5) is 14.3. The van der Waals surface area contributed by atoms with E-state index in [0.717, 1.165) is 19.0 Å². The van der Waals surface area contributed by atoms with Crippen LogP contribution in [0.2, 0.25) is 0 Å². The number of carbonyl (C=O) groups excluding carboxylic acids is 1. The van der Waals surface area contributed by atoms with Gasteiger partial charge in [-0.3, -0.25) is 9.69 Å². The molecule has 3 fully saturated rings. The first-order valence-corrected chi connectivity index (χ1v) is 9.31. The number of rotatable bonds is 5. The first kappa shape index (κ1) is 16.3. The van der Waals surface area contributed by atoms with Crippen LogP contribution in [-0.2, 0) is 9.53 Å². The molecule has 0 amide bonds. The van der Waals surface area contributed by atoms with Crippen LogP contribution in [0.25, 0.3) is 0 Å². The third-order valence-electron chi connectivity index (χ3n) is 5.92. The van der Waals surface area contributed by atoms with Gasteiger partial charge in [-0.15, -0.1) is 0 Å². The number of methoxy groups -OCH3 is 1. The highest BCUT2D eigenvalue weighted by molar-refractivity contribution is 5.69. The van der Waals surface area contributed by atoms with Crippen molar-refractivity contribution in [1.29, 1.82) is 0 Å². The summed E-state index contributed by atoms with van der Waals surface area (Å²) in [7, 11) is 1.51. The first-order chi connectivity index (χ1) is 10.7. The highest BCUT2D eigenvalue weighted by Gasteiger charge is 2.35. The van der Waals surface area contributed by atoms with E-state index < -0.39 is 0 Å². The van der Waals surface area contributed by atoms with Gasteiger partial charge in [0.05, 0.1) is 7.11 Å². The molecule has 0 spiro atoms. The fourth-order valence-corrected chi connectivity index (χ4v) is 4.48. The van der Waals surface area contributed by atoms with Crippen molar-refractivity contribution < 1.29 is 9.53 Å². The van der Waals surface area contributed by atoms with Crippen LogP contribution in [-0.4, -0.2) is 49.2 Å². The number of esters is 1. The summed E-state index contributed by atoms with van der Waals surface area (Å²) in [6.45, 7) is 2.27. The summed E-state index contributed by atoms with van der Waals surface area (Å²) in [6, 6.07) is 2.04. The highest BCUT2D eigenvalue weighted by atomic mass is 16.5. The van der Waals surface area contributed by atoms with Crippen LogP contribution >= 0.6 is 0 Å². The van der Waals surface area contributed by atoms with Gasteiger partial charge in [0.15, 0.2) is 0 Å². The molecular formula is C18H32N2O2. The Labute approximate surface area is 135 Å². The monoisotopic (exact) mass is 308 g/mol. The zero-order valence-corrected chi connectivity index (χ0v) is 14.1. The molecule has 2 aliphatic carbocycles. The third kappa shape index (κ3) is 4.23. The topological polar surface area (TPSA) is 41.6 Å². The Balaban J connectivity index is 1.56. The fraction of sp³-hybridized carbons (Fsp3) is 0.944. The van der Waals surface area contributed by atoms with Gasteiger partial charge < -0.3 is 10.1 Å². The number of carbonyl (C=O) groups is 1. The van der Waals surface area contributed by atoms with Crippen LogP contribution in [0.5, 0.6) is 0 Å². The van der Waals surface area contributed by atoms with Crippen molar-refractivity contribution >= 4 is 5.97 Å². The lowest BCUT2D eigenvalue weighted by molar-refractivity contribution is -0.142. The van der Waals surface area contributed by atoms with E-state index in [1.165, 1.54) is 65.0 Å². The molecule has 2 unspecified atom stereocenters. The van der Waals surface area contributed by atoms with Gasteiger partial charge in [0.2, 0.25) is 0 Å². The number of hydrogen-bond acceptors (Lipinski definition) is 4. The van der Waals surface area contributed by atoms with Crippen LogP contribution in [0.3, 0.4) is 0 Å². The molecular weight excluding hydrogens is 276 g/mol. The van der Waals surface area contributed by atoms with Crippen LogP contribution in [0.15, 0.2) is 0 Å². The number of nitrogens with one attached hydrogen (secondary N) is 1. The molecule has 2 atom stereocenters. The summed E-state index contributed by atoms with van der Waals surface area (Å²) >= 11 is 0. The van der Waals surface area contributed by atoms with Gasteiger partial charge >= 0.3 is 5.97 Å². The summed E-state index contributed by atoms with van der Waals surface area (Å²) in [5.41, 5.74) is 0. The molecule has 1 aliphatic heterocycles. The predicted octanol–water partition coefficient (Wildman–Crippen LogP) is 2.71. The lowest BCUT2D eigenvalue weighted by Gasteiger charge is -2.46. The van der Waals surface area contributed by atoms with E-state index in [4.69, 9.17) is 4.74 Å². The molecule has 1 saturated heterocycles. The van der Waals surface area contributed by atoms with Gasteiger partial charge in [0.25, 0.3) is 0 Å². The van der Waals surface area contributed by atoms with Crippen LogP contribution in [0.4, 0.5) is 0 Å². The van der Waals surface area contributed by atoms with Crippen molar-refractivity contribution in [3.05, 3.63) is 0 Å². The van der Waals surface area contributed by atoms with E-state index in [0.29, 0.717) is 24.4 Å². The predicted molar refractivity (Wildman–Crippen MR) is 87.7 cm³/mol. The second-order valence-electron chi connectivity index (χ2n) is 7.62. The van der Waals surface area contributed by atoms with Gasteiger partial charge in [-0.05, 0) is 38.0 Å². The second-order valence-corrected chi connectivity index (χ2v) is 7.62. The number of ether oxygens (including phenoxy) is 1. The summed E-state index contributed by atoms with van der Waals surface area (Å²) in [6.07, 6.45) is 12.6. The Kier molecular flexibility index (Phi) is 5.75. The Hall–Kier alpha value is -0.610. The number of piperidine rings is 1. The lowest BCUT2D eigenvalue weighted by Crippen LogP contribution is -2.56. The Morgan fingerprint density at radius 3 is 2.45 bits per heavy atom. The van der Waals surface area contributed by atoms with Crippen LogP contribution in [0.1, 0.15) is 64.2 Å². The summed E-state index contributed by atoms with van der Waals surface area (Å²) < 4.78 is 4.90. The normalized spacial score (nSPS) is 31.7. The van der Waals surface area contributed by atoms with E-state index in [-0.39, 0.29) is 5.97 Å². The molecule has 1 N–H and O–H groups in total. The van der Waals surface area contributed by atoms with Gasteiger partial charge in [0, 0.05) is 37.6 Å². The van der Waals surface area contributed by atoms with Crippen molar-refractivity contribution in [3.63, 3.8) is 0 Å². The minimum absolute atomic E-state index is 0.0446. The maximum absolute atomic E-state index is 11.7. The molecule has 0 aromatic rings. The van der Waals surface area contributed by atoms with Crippen molar-refractivity contribution in [2.24, 2.45) is 5.92 Å². The van der Waals surface area contributed by atoms with Crippen molar-refractivity contribution in [3.8, 4) is 0 Å². The molecule has 0 aromatic carbocycles. The molecule has 0 radical (unpaired) electrons. The average molecular weight is 308 g/mol. The Bertz CT molecular complexity index is 362. The van der Waals surface area contributed by atoms with Gasteiger partial charge in [-0.2, -0.15) is 0 Å². The molecule has 126 valence electrons. The average Bonchev–Trinajstić information content (AvgIpc) is 2.46.